The Morgan fingerprint density at radius 2 is 2.12 bits per heavy atom. The molecule has 0 saturated heterocycles. The van der Waals surface area contributed by atoms with Gasteiger partial charge >= 0.3 is 0 Å². The van der Waals surface area contributed by atoms with Crippen LogP contribution in [0.25, 0.3) is 10.9 Å². The maximum Gasteiger partial charge on any atom is 0.251 e. The summed E-state index contributed by atoms with van der Waals surface area (Å²) in [6.07, 6.45) is 0.515. The smallest absolute Gasteiger partial charge is 0.251 e. The predicted molar refractivity (Wildman–Crippen MR) is 88.8 cm³/mol. The Kier molecular flexibility index (Phi) is 4.41. The van der Waals surface area contributed by atoms with Gasteiger partial charge in [-0.3, -0.25) is 9.59 Å². The van der Waals surface area contributed by atoms with Crippen LogP contribution in [0, 0.1) is 13.8 Å². The quantitative estimate of drug-likeness (QED) is 0.738. The number of pyridine rings is 1. The summed E-state index contributed by atoms with van der Waals surface area (Å²) in [5, 5.41) is 7.41. The second-order valence-corrected chi connectivity index (χ2v) is 5.72. The maximum atomic E-state index is 12.1. The SMILES string of the molecule is Cc1ccc2cc(CCNC(=O)Cc3noc(C)n3)c(=O)[nH]c2c1. The molecule has 1 amide bonds. The lowest BCUT2D eigenvalue weighted by Gasteiger charge is -2.06. The number of hydrogen-bond donors (Lipinski definition) is 2. The Morgan fingerprint density at radius 3 is 2.88 bits per heavy atom. The summed E-state index contributed by atoms with van der Waals surface area (Å²) in [5.74, 6) is 0.572. The second-order valence-electron chi connectivity index (χ2n) is 5.72. The highest BCUT2D eigenvalue weighted by atomic mass is 16.5. The summed E-state index contributed by atoms with van der Waals surface area (Å²) in [6, 6.07) is 7.78. The summed E-state index contributed by atoms with van der Waals surface area (Å²) < 4.78 is 4.82. The number of H-pyrrole nitrogens is 1. The number of aromatic amines is 1. The summed E-state index contributed by atoms with van der Waals surface area (Å²) in [6.45, 7) is 4.02. The first-order valence-corrected chi connectivity index (χ1v) is 7.70. The number of amides is 1. The number of nitrogens with zero attached hydrogens (tertiary/aromatic N) is 2. The number of benzene rings is 1. The number of nitrogens with one attached hydrogen (secondary N) is 2. The van der Waals surface area contributed by atoms with E-state index in [-0.39, 0.29) is 17.9 Å². The van der Waals surface area contributed by atoms with Gasteiger partial charge in [0, 0.05) is 24.5 Å². The normalized spacial score (nSPS) is 10.9. The van der Waals surface area contributed by atoms with Gasteiger partial charge in [-0.05, 0) is 36.4 Å². The van der Waals surface area contributed by atoms with E-state index in [0.29, 0.717) is 30.2 Å². The van der Waals surface area contributed by atoms with E-state index in [0.717, 1.165) is 16.5 Å². The van der Waals surface area contributed by atoms with Crippen molar-refractivity contribution >= 4 is 16.8 Å². The number of carbonyl (C=O) groups is 1. The Labute approximate surface area is 138 Å². The van der Waals surface area contributed by atoms with Gasteiger partial charge in [-0.15, -0.1) is 0 Å². The van der Waals surface area contributed by atoms with Crippen LogP contribution in [0.3, 0.4) is 0 Å². The van der Waals surface area contributed by atoms with E-state index < -0.39 is 0 Å². The molecule has 2 aromatic heterocycles. The number of aromatic nitrogens is 3. The van der Waals surface area contributed by atoms with Gasteiger partial charge in [0.05, 0.1) is 6.42 Å². The minimum Gasteiger partial charge on any atom is -0.355 e. The molecule has 0 aliphatic heterocycles. The van der Waals surface area contributed by atoms with Crippen molar-refractivity contribution in [1.29, 1.82) is 0 Å². The van der Waals surface area contributed by atoms with Crippen molar-refractivity contribution in [3.63, 3.8) is 0 Å². The van der Waals surface area contributed by atoms with Gasteiger partial charge in [-0.2, -0.15) is 4.98 Å². The standard InChI is InChI=1S/C17H18N4O3/c1-10-3-4-12-8-13(17(23)20-14(12)7-10)5-6-18-16(22)9-15-19-11(2)24-21-15/h3-4,7-8H,5-6,9H2,1-2H3,(H,18,22)(H,20,23). The molecule has 0 aliphatic carbocycles. The number of aryl methyl sites for hydroxylation is 2. The molecule has 24 heavy (non-hydrogen) atoms. The zero-order chi connectivity index (χ0) is 17.1. The average molecular weight is 326 g/mol. The molecule has 0 saturated carbocycles. The molecular weight excluding hydrogens is 308 g/mol. The van der Waals surface area contributed by atoms with Crippen molar-refractivity contribution in [3.8, 4) is 0 Å². The fourth-order valence-electron chi connectivity index (χ4n) is 2.50. The Bertz CT molecular complexity index is 942. The molecule has 3 rings (SSSR count). The molecule has 1 aromatic carbocycles. The lowest BCUT2D eigenvalue weighted by atomic mass is 10.1. The van der Waals surface area contributed by atoms with Crippen LogP contribution in [0.4, 0.5) is 0 Å². The van der Waals surface area contributed by atoms with Crippen LogP contribution in [0.1, 0.15) is 22.8 Å². The van der Waals surface area contributed by atoms with Crippen molar-refractivity contribution in [3.05, 3.63) is 57.5 Å². The van der Waals surface area contributed by atoms with Crippen molar-refractivity contribution < 1.29 is 9.32 Å². The summed E-state index contributed by atoms with van der Waals surface area (Å²) in [7, 11) is 0. The third-order valence-corrected chi connectivity index (χ3v) is 3.68. The highest BCUT2D eigenvalue weighted by molar-refractivity contribution is 5.80. The van der Waals surface area contributed by atoms with Crippen LogP contribution >= 0.6 is 0 Å². The molecule has 0 fully saturated rings. The summed E-state index contributed by atoms with van der Waals surface area (Å²) in [5.41, 5.74) is 2.42. The summed E-state index contributed by atoms with van der Waals surface area (Å²) in [4.78, 5) is 30.8. The number of carbonyl (C=O) groups excluding carboxylic acids is 1. The fourth-order valence-corrected chi connectivity index (χ4v) is 2.50. The van der Waals surface area contributed by atoms with E-state index >= 15 is 0 Å². The van der Waals surface area contributed by atoms with Crippen molar-refractivity contribution in [2.45, 2.75) is 26.7 Å². The van der Waals surface area contributed by atoms with Crippen LogP contribution in [0.15, 0.2) is 33.6 Å². The van der Waals surface area contributed by atoms with Crippen LogP contribution in [-0.4, -0.2) is 27.6 Å². The lowest BCUT2D eigenvalue weighted by molar-refractivity contribution is -0.120. The topological polar surface area (TPSA) is 101 Å². The van der Waals surface area contributed by atoms with Gasteiger partial charge in [0.2, 0.25) is 11.8 Å². The van der Waals surface area contributed by atoms with Crippen molar-refractivity contribution in [2.75, 3.05) is 6.54 Å². The van der Waals surface area contributed by atoms with E-state index in [9.17, 15) is 9.59 Å². The Balaban J connectivity index is 1.61. The molecule has 0 spiro atoms. The number of rotatable bonds is 5. The largest absolute Gasteiger partial charge is 0.355 e. The van der Waals surface area contributed by atoms with Gasteiger partial charge in [0.15, 0.2) is 5.82 Å². The van der Waals surface area contributed by atoms with Crippen LogP contribution in [0.2, 0.25) is 0 Å². The minimum atomic E-state index is -0.205. The molecule has 0 unspecified atom stereocenters. The van der Waals surface area contributed by atoms with Gasteiger partial charge in [-0.25, -0.2) is 0 Å². The van der Waals surface area contributed by atoms with Crippen LogP contribution in [0.5, 0.6) is 0 Å². The lowest BCUT2D eigenvalue weighted by Crippen LogP contribution is -2.29. The zero-order valence-corrected chi connectivity index (χ0v) is 13.5. The molecule has 0 aliphatic rings. The maximum absolute atomic E-state index is 12.1. The number of hydrogen-bond acceptors (Lipinski definition) is 5. The second kappa shape index (κ2) is 6.66. The molecule has 7 heteroatoms. The van der Waals surface area contributed by atoms with Gasteiger partial charge in [0.25, 0.3) is 5.56 Å². The molecule has 124 valence electrons. The monoisotopic (exact) mass is 326 g/mol. The Hall–Kier alpha value is -2.96. The molecule has 2 N–H and O–H groups in total. The van der Waals surface area contributed by atoms with E-state index in [4.69, 9.17) is 4.52 Å². The van der Waals surface area contributed by atoms with Gasteiger partial charge < -0.3 is 14.8 Å². The average Bonchev–Trinajstić information content (AvgIpc) is 2.93. The van der Waals surface area contributed by atoms with E-state index in [1.807, 2.05) is 31.2 Å². The number of fused-ring (bicyclic) bond motifs is 1. The zero-order valence-electron chi connectivity index (χ0n) is 13.5. The first-order valence-electron chi connectivity index (χ1n) is 7.70. The van der Waals surface area contributed by atoms with E-state index in [1.165, 1.54) is 0 Å². The molecule has 0 radical (unpaired) electrons. The highest BCUT2D eigenvalue weighted by Gasteiger charge is 2.09. The van der Waals surface area contributed by atoms with Gasteiger partial charge in [0.1, 0.15) is 0 Å². The molecule has 2 heterocycles. The molecule has 0 bridgehead atoms. The highest BCUT2D eigenvalue weighted by Crippen LogP contribution is 2.13. The van der Waals surface area contributed by atoms with E-state index in [2.05, 4.69) is 20.4 Å². The first-order chi connectivity index (χ1) is 11.5. The molecular formula is C17H18N4O3. The van der Waals surface area contributed by atoms with Crippen LogP contribution < -0.4 is 10.9 Å². The first kappa shape index (κ1) is 15.9. The van der Waals surface area contributed by atoms with Gasteiger partial charge in [-0.1, -0.05) is 17.3 Å². The minimum absolute atomic E-state index is 0.0602. The van der Waals surface area contributed by atoms with Crippen molar-refractivity contribution in [1.82, 2.24) is 20.4 Å². The molecule has 3 aromatic rings. The predicted octanol–water partition coefficient (Wildman–Crippen LogP) is 1.43. The van der Waals surface area contributed by atoms with Crippen molar-refractivity contribution in [2.24, 2.45) is 0 Å². The summed E-state index contributed by atoms with van der Waals surface area (Å²) >= 11 is 0. The molecule has 0 atom stereocenters. The Morgan fingerprint density at radius 1 is 1.29 bits per heavy atom. The third-order valence-electron chi connectivity index (χ3n) is 3.68. The third kappa shape index (κ3) is 3.68. The fraction of sp³-hybridized carbons (Fsp3) is 0.294. The van der Waals surface area contributed by atoms with Crippen LogP contribution in [-0.2, 0) is 17.6 Å². The van der Waals surface area contributed by atoms with E-state index in [1.54, 1.807) is 6.92 Å². The molecule has 7 nitrogen and oxygen atoms in total.